The van der Waals surface area contributed by atoms with Crippen LogP contribution in [0, 0.1) is 11.7 Å². The van der Waals surface area contributed by atoms with E-state index in [4.69, 9.17) is 25.1 Å². The molecule has 1 unspecified atom stereocenters. The summed E-state index contributed by atoms with van der Waals surface area (Å²) in [4.78, 5) is 13.5. The lowest BCUT2D eigenvalue weighted by Gasteiger charge is -2.14. The molecule has 1 aromatic heterocycles. The van der Waals surface area contributed by atoms with Crippen LogP contribution in [-0.2, 0) is 0 Å². The molecule has 0 radical (unpaired) electrons. The van der Waals surface area contributed by atoms with E-state index in [1.54, 1.807) is 39.2 Å². The van der Waals surface area contributed by atoms with E-state index in [1.807, 2.05) is 45.0 Å². The molecule has 0 bridgehead atoms. The minimum Gasteiger partial charge on any atom is -0.481 e. The van der Waals surface area contributed by atoms with Crippen molar-refractivity contribution in [2.24, 2.45) is 21.6 Å². The van der Waals surface area contributed by atoms with Gasteiger partial charge in [0.25, 0.3) is 5.89 Å². The molecule has 1 heterocycles. The zero-order valence-corrected chi connectivity index (χ0v) is 27.2. The average molecular weight is 609 g/mol. The molecule has 0 amide bonds. The summed E-state index contributed by atoms with van der Waals surface area (Å²) in [7, 11) is 3.44. The Bertz CT molecular complexity index is 1350. The Balaban J connectivity index is 0.000000961. The first-order chi connectivity index (χ1) is 21.3. The number of amidine groups is 1. The van der Waals surface area contributed by atoms with Gasteiger partial charge in [-0.1, -0.05) is 44.6 Å². The first-order valence-electron chi connectivity index (χ1n) is 15.0. The number of hydrogen-bond acceptors (Lipinski definition) is 8. The van der Waals surface area contributed by atoms with Crippen LogP contribution in [0.3, 0.4) is 0 Å². The lowest BCUT2D eigenvalue weighted by atomic mass is 10.1. The zero-order chi connectivity index (χ0) is 33.1. The molecule has 1 aliphatic rings. The van der Waals surface area contributed by atoms with Crippen molar-refractivity contribution >= 4 is 17.2 Å². The molecule has 1 fully saturated rings. The van der Waals surface area contributed by atoms with Crippen molar-refractivity contribution in [2.45, 2.75) is 60.0 Å². The quantitative estimate of drug-likeness (QED) is 0.128. The first-order valence-corrected chi connectivity index (χ1v) is 15.0. The highest BCUT2D eigenvalue weighted by molar-refractivity contribution is 6.07. The molecule has 4 N–H and O–H groups in total. The van der Waals surface area contributed by atoms with Crippen LogP contribution in [-0.4, -0.2) is 54.0 Å². The molecule has 2 aromatic carbocycles. The first kappa shape index (κ1) is 37.9. The maximum Gasteiger partial charge on any atom is 0.268 e. The minimum atomic E-state index is -0.440. The van der Waals surface area contributed by atoms with Crippen LogP contribution in [0.25, 0.3) is 17.1 Å². The van der Waals surface area contributed by atoms with E-state index in [0.29, 0.717) is 59.0 Å². The molecular weight excluding hydrogens is 559 g/mol. The van der Waals surface area contributed by atoms with Crippen LogP contribution < -0.4 is 15.8 Å². The zero-order valence-electron chi connectivity index (χ0n) is 27.2. The molecule has 0 saturated heterocycles. The molecular formula is C34H49FN6O3. The number of aliphatic imine (C=N–C) groups is 2. The SMILES string of the molecule is C=C(NC)c1ccc(-c2noc(C(CC)Oc3ccc(C(=NC)N=C(C)C4CC4)cc3)n2)cc1F.C=CCN.CC.CCO. The highest BCUT2D eigenvalue weighted by Gasteiger charge is 2.25. The van der Waals surface area contributed by atoms with Gasteiger partial charge in [-0.25, -0.2) is 9.38 Å². The molecule has 10 heteroatoms. The molecule has 0 aliphatic heterocycles. The largest absolute Gasteiger partial charge is 0.481 e. The van der Waals surface area contributed by atoms with Gasteiger partial charge < -0.3 is 25.4 Å². The molecule has 44 heavy (non-hydrogen) atoms. The molecule has 4 rings (SSSR count). The fraction of sp³-hybridized carbons (Fsp3) is 0.412. The van der Waals surface area contributed by atoms with Crippen molar-refractivity contribution in [3.05, 3.63) is 84.5 Å². The van der Waals surface area contributed by atoms with Crippen molar-refractivity contribution < 1.29 is 18.8 Å². The summed E-state index contributed by atoms with van der Waals surface area (Å²) in [6.45, 7) is 17.7. The second-order valence-electron chi connectivity index (χ2n) is 9.33. The standard InChI is InChI=1S/C27H30FN5O2.C3H7N.C2H6O.C2H6/c1-6-24(27-32-26(33-35-27)20-11-14-22(17(3)29-4)23(28)15-20)34-21-12-9-19(10-13-21)25(30-5)31-16(2)18-7-8-18;1-2-3-4;1-2-3;1-2/h9-15,18,24,29H,3,6-8H2,1-2,4-5H3;2H,1,3-4H2;3H,2H2,1H3;1-2H3. The van der Waals surface area contributed by atoms with Gasteiger partial charge in [0.15, 0.2) is 11.9 Å². The minimum absolute atomic E-state index is 0.250. The highest BCUT2D eigenvalue weighted by Crippen LogP contribution is 2.31. The topological polar surface area (TPSA) is 131 Å². The number of benzene rings is 2. The number of nitrogens with zero attached hydrogens (tertiary/aromatic N) is 4. The molecule has 9 nitrogen and oxygen atoms in total. The van der Waals surface area contributed by atoms with Crippen LogP contribution in [0.2, 0.25) is 0 Å². The molecule has 240 valence electrons. The predicted molar refractivity (Wildman–Crippen MR) is 180 cm³/mol. The normalized spacial score (nSPS) is 13.1. The highest BCUT2D eigenvalue weighted by atomic mass is 19.1. The maximum absolute atomic E-state index is 14.5. The maximum atomic E-state index is 14.5. The predicted octanol–water partition coefficient (Wildman–Crippen LogP) is 7.00. The molecule has 0 spiro atoms. The molecule has 1 atom stereocenters. The van der Waals surface area contributed by atoms with E-state index < -0.39 is 11.9 Å². The Labute approximate surface area is 261 Å². The number of aliphatic hydroxyl groups excluding tert-OH is 1. The Morgan fingerprint density at radius 2 is 1.84 bits per heavy atom. The molecule has 3 aromatic rings. The van der Waals surface area contributed by atoms with Crippen LogP contribution in [0.5, 0.6) is 5.75 Å². The van der Waals surface area contributed by atoms with Crippen molar-refractivity contribution in [1.29, 1.82) is 0 Å². The van der Waals surface area contributed by atoms with E-state index in [9.17, 15) is 4.39 Å². The van der Waals surface area contributed by atoms with E-state index in [0.717, 1.165) is 11.3 Å². The second-order valence-corrected chi connectivity index (χ2v) is 9.33. The van der Waals surface area contributed by atoms with Gasteiger partial charge in [-0.05, 0) is 75.4 Å². The van der Waals surface area contributed by atoms with E-state index in [2.05, 4.69) is 40.5 Å². The van der Waals surface area contributed by atoms with Crippen molar-refractivity contribution in [2.75, 3.05) is 27.2 Å². The van der Waals surface area contributed by atoms with Gasteiger partial charge in [0, 0.05) is 55.3 Å². The fourth-order valence-corrected chi connectivity index (χ4v) is 3.68. The number of rotatable bonds is 10. The summed E-state index contributed by atoms with van der Waals surface area (Å²) in [5.74, 6) is 2.19. The van der Waals surface area contributed by atoms with Crippen LogP contribution >= 0.6 is 0 Å². The monoisotopic (exact) mass is 608 g/mol. The van der Waals surface area contributed by atoms with Gasteiger partial charge >= 0.3 is 0 Å². The van der Waals surface area contributed by atoms with E-state index in [-0.39, 0.29) is 6.61 Å². The third kappa shape index (κ3) is 11.9. The molecule has 1 saturated carbocycles. The number of aliphatic hydroxyl groups is 1. The smallest absolute Gasteiger partial charge is 0.268 e. The van der Waals surface area contributed by atoms with Crippen molar-refractivity contribution in [3.63, 3.8) is 0 Å². The Morgan fingerprint density at radius 1 is 1.23 bits per heavy atom. The number of halogens is 1. The summed E-state index contributed by atoms with van der Waals surface area (Å²) < 4.78 is 26.1. The number of nitrogens with two attached hydrogens (primary N) is 1. The van der Waals surface area contributed by atoms with Gasteiger partial charge in [-0.2, -0.15) is 4.98 Å². The van der Waals surface area contributed by atoms with Gasteiger partial charge in [0.2, 0.25) is 5.82 Å². The lowest BCUT2D eigenvalue weighted by Crippen LogP contribution is -2.08. The van der Waals surface area contributed by atoms with Gasteiger partial charge in [0.05, 0.1) is 0 Å². The van der Waals surface area contributed by atoms with Gasteiger partial charge in [-0.3, -0.25) is 4.99 Å². The van der Waals surface area contributed by atoms with Gasteiger partial charge in [-0.15, -0.1) is 6.58 Å². The summed E-state index contributed by atoms with van der Waals surface area (Å²) in [5.41, 5.74) is 8.37. The number of hydrogen-bond donors (Lipinski definition) is 3. The van der Waals surface area contributed by atoms with E-state index >= 15 is 0 Å². The Kier molecular flexibility index (Phi) is 17.8. The lowest BCUT2D eigenvalue weighted by molar-refractivity contribution is 0.154. The van der Waals surface area contributed by atoms with Crippen LogP contribution in [0.4, 0.5) is 4.39 Å². The summed E-state index contributed by atoms with van der Waals surface area (Å²) in [6.07, 6.45) is 4.25. The Morgan fingerprint density at radius 3 is 2.32 bits per heavy atom. The third-order valence-electron chi connectivity index (χ3n) is 6.16. The number of ether oxygens (including phenoxy) is 1. The third-order valence-corrected chi connectivity index (χ3v) is 6.16. The van der Waals surface area contributed by atoms with Gasteiger partial charge in [0.1, 0.15) is 11.6 Å². The average Bonchev–Trinajstić information content (AvgIpc) is 3.80. The second kappa shape index (κ2) is 20.7. The number of aromatic nitrogens is 2. The van der Waals surface area contributed by atoms with Crippen molar-refractivity contribution in [3.8, 4) is 17.1 Å². The summed E-state index contributed by atoms with van der Waals surface area (Å²) >= 11 is 0. The van der Waals surface area contributed by atoms with Crippen LogP contribution in [0.15, 0.2) is 76.2 Å². The van der Waals surface area contributed by atoms with Crippen molar-refractivity contribution in [1.82, 2.24) is 15.5 Å². The van der Waals surface area contributed by atoms with Crippen LogP contribution in [0.1, 0.15) is 77.0 Å². The van der Waals surface area contributed by atoms with E-state index in [1.165, 1.54) is 18.9 Å². The Hall–Kier alpha value is -4.15. The summed E-state index contributed by atoms with van der Waals surface area (Å²) in [5, 5.41) is 14.4. The number of nitrogens with one attached hydrogen (secondary N) is 1. The summed E-state index contributed by atoms with van der Waals surface area (Å²) in [6, 6.07) is 12.4. The fourth-order valence-electron chi connectivity index (χ4n) is 3.68. The molecule has 1 aliphatic carbocycles.